The Morgan fingerprint density at radius 3 is 2.32 bits per heavy atom. The van der Waals surface area contributed by atoms with E-state index in [9.17, 15) is 19.5 Å². The van der Waals surface area contributed by atoms with Gasteiger partial charge in [-0.25, -0.2) is 9.36 Å². The molecule has 3 aromatic rings. The number of amides is 1. The zero-order valence-corrected chi connectivity index (χ0v) is 13.4. The average Bonchev–Trinajstić information content (AvgIpc) is 2.57. The monoisotopic (exact) mass is 357 g/mol. The van der Waals surface area contributed by atoms with Crippen molar-refractivity contribution in [1.82, 2.24) is 9.55 Å². The van der Waals surface area contributed by atoms with Gasteiger partial charge in [0.15, 0.2) is 5.56 Å². The number of anilines is 1. The van der Waals surface area contributed by atoms with Crippen LogP contribution in [0.15, 0.2) is 64.2 Å². The number of carbonyl (C=O) groups is 1. The van der Waals surface area contributed by atoms with Crippen LogP contribution in [0, 0.1) is 0 Å². The average molecular weight is 358 g/mol. The van der Waals surface area contributed by atoms with Gasteiger partial charge in [-0.3, -0.25) is 14.6 Å². The number of H-pyrrole nitrogens is 1. The molecule has 0 aliphatic rings. The number of halogens is 1. The van der Waals surface area contributed by atoms with Gasteiger partial charge in [0.1, 0.15) is 0 Å². The molecule has 126 valence electrons. The molecule has 0 unspecified atom stereocenters. The number of nitrogens with one attached hydrogen (secondary N) is 2. The molecule has 0 bridgehead atoms. The third-order valence-electron chi connectivity index (χ3n) is 3.43. The number of aromatic nitrogens is 2. The summed E-state index contributed by atoms with van der Waals surface area (Å²) < 4.78 is 0.817. The minimum absolute atomic E-state index is 0.247. The van der Waals surface area contributed by atoms with Crippen LogP contribution in [-0.4, -0.2) is 20.6 Å². The van der Waals surface area contributed by atoms with Crippen molar-refractivity contribution in [2.24, 2.45) is 0 Å². The minimum Gasteiger partial charge on any atom is -0.493 e. The van der Waals surface area contributed by atoms with E-state index in [1.807, 2.05) is 4.98 Å². The van der Waals surface area contributed by atoms with Gasteiger partial charge in [-0.1, -0.05) is 29.8 Å². The van der Waals surface area contributed by atoms with Crippen LogP contribution < -0.4 is 16.6 Å². The van der Waals surface area contributed by atoms with Crippen molar-refractivity contribution in [3.05, 3.63) is 86.0 Å². The van der Waals surface area contributed by atoms with Crippen molar-refractivity contribution in [1.29, 1.82) is 0 Å². The van der Waals surface area contributed by atoms with Gasteiger partial charge in [0, 0.05) is 10.7 Å². The highest BCUT2D eigenvalue weighted by Crippen LogP contribution is 2.19. The van der Waals surface area contributed by atoms with E-state index in [0.29, 0.717) is 10.7 Å². The first kappa shape index (κ1) is 16.5. The highest BCUT2D eigenvalue weighted by atomic mass is 35.5. The zero-order valence-electron chi connectivity index (χ0n) is 12.7. The van der Waals surface area contributed by atoms with Crippen molar-refractivity contribution >= 4 is 23.2 Å². The molecule has 1 amide bonds. The van der Waals surface area contributed by atoms with Crippen molar-refractivity contribution < 1.29 is 9.90 Å². The van der Waals surface area contributed by atoms with E-state index in [4.69, 9.17) is 11.6 Å². The SMILES string of the molecule is O=C(Nc1ccccc1)c1c(O)n(-c2ccc(Cl)cc2)c(=O)[nH]c1=O. The third kappa shape index (κ3) is 3.31. The summed E-state index contributed by atoms with van der Waals surface area (Å²) in [5.74, 6) is -1.60. The summed E-state index contributed by atoms with van der Waals surface area (Å²) in [6.07, 6.45) is 0. The number of para-hydroxylation sites is 1. The van der Waals surface area contributed by atoms with E-state index >= 15 is 0 Å². The number of hydrogen-bond acceptors (Lipinski definition) is 4. The topological polar surface area (TPSA) is 104 Å². The summed E-state index contributed by atoms with van der Waals surface area (Å²) in [5, 5.41) is 13.3. The molecular formula is C17H12ClN3O4. The number of aromatic amines is 1. The van der Waals surface area contributed by atoms with Gasteiger partial charge in [0.2, 0.25) is 5.88 Å². The predicted molar refractivity (Wildman–Crippen MR) is 93.7 cm³/mol. The predicted octanol–water partition coefficient (Wildman–Crippen LogP) is 2.14. The first-order chi connectivity index (χ1) is 12.0. The van der Waals surface area contributed by atoms with Crippen molar-refractivity contribution in [3.8, 4) is 11.6 Å². The fourth-order valence-corrected chi connectivity index (χ4v) is 2.40. The Morgan fingerprint density at radius 1 is 1.04 bits per heavy atom. The van der Waals surface area contributed by atoms with Gasteiger partial charge < -0.3 is 10.4 Å². The molecule has 0 fully saturated rings. The van der Waals surface area contributed by atoms with Crippen molar-refractivity contribution in [2.75, 3.05) is 5.32 Å². The normalized spacial score (nSPS) is 10.4. The third-order valence-corrected chi connectivity index (χ3v) is 3.68. The van der Waals surface area contributed by atoms with Gasteiger partial charge in [-0.2, -0.15) is 0 Å². The van der Waals surface area contributed by atoms with E-state index in [1.54, 1.807) is 30.3 Å². The summed E-state index contributed by atoms with van der Waals surface area (Å²) in [7, 11) is 0. The van der Waals surface area contributed by atoms with Crippen LogP contribution in [-0.2, 0) is 0 Å². The number of aromatic hydroxyl groups is 1. The second-order valence-corrected chi connectivity index (χ2v) is 5.53. The van der Waals surface area contributed by atoms with E-state index < -0.39 is 28.6 Å². The number of rotatable bonds is 3. The standard InChI is InChI=1S/C17H12ClN3O4/c18-10-6-8-12(9-7-10)21-16(24)13(15(23)20-17(21)25)14(22)19-11-4-2-1-3-5-11/h1-9,24H,(H,19,22)(H,20,23,25). The Balaban J connectivity index is 2.10. The maximum Gasteiger partial charge on any atom is 0.335 e. The van der Waals surface area contributed by atoms with E-state index in [0.717, 1.165) is 4.57 Å². The summed E-state index contributed by atoms with van der Waals surface area (Å²) in [6.45, 7) is 0. The minimum atomic E-state index is -0.985. The van der Waals surface area contributed by atoms with Crippen LogP contribution in [0.1, 0.15) is 10.4 Å². The highest BCUT2D eigenvalue weighted by Gasteiger charge is 2.22. The molecule has 0 atom stereocenters. The molecule has 0 radical (unpaired) electrons. The molecule has 8 heteroatoms. The van der Waals surface area contributed by atoms with Gasteiger partial charge in [-0.15, -0.1) is 0 Å². The van der Waals surface area contributed by atoms with E-state index in [2.05, 4.69) is 5.32 Å². The lowest BCUT2D eigenvalue weighted by atomic mass is 10.2. The first-order valence-corrected chi connectivity index (χ1v) is 7.56. The molecule has 1 aromatic heterocycles. The number of carbonyl (C=O) groups excluding carboxylic acids is 1. The van der Waals surface area contributed by atoms with Crippen LogP contribution in [0.2, 0.25) is 5.02 Å². The van der Waals surface area contributed by atoms with Gasteiger partial charge >= 0.3 is 5.69 Å². The van der Waals surface area contributed by atoms with Gasteiger partial charge in [-0.05, 0) is 36.4 Å². The van der Waals surface area contributed by atoms with Crippen LogP contribution in [0.4, 0.5) is 5.69 Å². The zero-order chi connectivity index (χ0) is 18.0. The lowest BCUT2D eigenvalue weighted by molar-refractivity contribution is 0.102. The number of hydrogen-bond donors (Lipinski definition) is 3. The van der Waals surface area contributed by atoms with Crippen LogP contribution in [0.5, 0.6) is 5.88 Å². The summed E-state index contributed by atoms with van der Waals surface area (Å²) >= 11 is 5.80. The van der Waals surface area contributed by atoms with Crippen molar-refractivity contribution in [2.45, 2.75) is 0 Å². The maximum absolute atomic E-state index is 12.4. The maximum atomic E-state index is 12.4. The van der Waals surface area contributed by atoms with Gasteiger partial charge in [0.25, 0.3) is 11.5 Å². The van der Waals surface area contributed by atoms with Gasteiger partial charge in [0.05, 0.1) is 5.69 Å². The van der Waals surface area contributed by atoms with Crippen LogP contribution >= 0.6 is 11.6 Å². The molecule has 0 spiro atoms. The Morgan fingerprint density at radius 2 is 1.68 bits per heavy atom. The lowest BCUT2D eigenvalue weighted by Gasteiger charge is -2.11. The van der Waals surface area contributed by atoms with Crippen molar-refractivity contribution in [3.63, 3.8) is 0 Å². The van der Waals surface area contributed by atoms with Crippen LogP contribution in [0.3, 0.4) is 0 Å². The second-order valence-electron chi connectivity index (χ2n) is 5.09. The molecule has 25 heavy (non-hydrogen) atoms. The molecular weight excluding hydrogens is 346 g/mol. The number of nitrogens with zero attached hydrogens (tertiary/aromatic N) is 1. The largest absolute Gasteiger partial charge is 0.493 e. The smallest absolute Gasteiger partial charge is 0.335 e. The number of benzene rings is 2. The Kier molecular flexibility index (Phi) is 4.40. The second kappa shape index (κ2) is 6.66. The molecule has 0 aliphatic heterocycles. The summed E-state index contributed by atoms with van der Waals surface area (Å²) in [4.78, 5) is 38.5. The lowest BCUT2D eigenvalue weighted by Crippen LogP contribution is -2.34. The quantitative estimate of drug-likeness (QED) is 0.668. The van der Waals surface area contributed by atoms with Crippen LogP contribution in [0.25, 0.3) is 5.69 Å². The molecule has 0 aliphatic carbocycles. The molecule has 0 saturated carbocycles. The van der Waals surface area contributed by atoms with E-state index in [-0.39, 0.29) is 5.69 Å². The van der Waals surface area contributed by atoms with E-state index in [1.165, 1.54) is 24.3 Å². The Bertz CT molecular complexity index is 1040. The molecule has 2 aromatic carbocycles. The Labute approximate surface area is 146 Å². The summed E-state index contributed by atoms with van der Waals surface area (Å²) in [5.41, 5.74) is -1.74. The first-order valence-electron chi connectivity index (χ1n) is 7.18. The molecule has 0 saturated heterocycles. The fraction of sp³-hybridized carbons (Fsp3) is 0. The molecule has 3 rings (SSSR count). The molecule has 1 heterocycles. The fourth-order valence-electron chi connectivity index (χ4n) is 2.27. The molecule has 7 nitrogen and oxygen atoms in total. The Hall–Kier alpha value is -3.32. The highest BCUT2D eigenvalue weighted by molar-refractivity contribution is 6.30. The molecule has 3 N–H and O–H groups in total. The summed E-state index contributed by atoms with van der Waals surface area (Å²) in [6, 6.07) is 14.4.